The van der Waals surface area contributed by atoms with E-state index in [1.165, 1.54) is 24.3 Å². The Bertz CT molecular complexity index is 1280. The summed E-state index contributed by atoms with van der Waals surface area (Å²) in [4.78, 5) is 26.5. The van der Waals surface area contributed by atoms with Crippen LogP contribution in [0.2, 0.25) is 0 Å². The van der Waals surface area contributed by atoms with Gasteiger partial charge in [-0.05, 0) is 56.2 Å². The van der Waals surface area contributed by atoms with Gasteiger partial charge < -0.3 is 29.7 Å². The molecule has 0 amide bonds. The Morgan fingerprint density at radius 1 is 0.556 bits per heavy atom. The summed E-state index contributed by atoms with van der Waals surface area (Å²) in [6.07, 6.45) is 2.25. The van der Waals surface area contributed by atoms with E-state index in [0.29, 0.717) is 0 Å². The number of ether oxygens (including phenoxy) is 2. The number of hydrogen-bond donors (Lipinski definition) is 0. The maximum atomic E-state index is 12.9. The van der Waals surface area contributed by atoms with E-state index in [0.717, 1.165) is 48.8 Å². The molecule has 0 unspecified atom stereocenters. The van der Waals surface area contributed by atoms with Crippen LogP contribution >= 0.6 is 0 Å². The van der Waals surface area contributed by atoms with Gasteiger partial charge in [0, 0.05) is 24.3 Å². The molecule has 0 aliphatic heterocycles. The maximum absolute atomic E-state index is 12.9. The molecule has 0 atom stereocenters. The molecule has 0 fully saturated rings. The molecule has 0 saturated heterocycles. The summed E-state index contributed by atoms with van der Waals surface area (Å²) in [7, 11) is 0. The predicted octanol–water partition coefficient (Wildman–Crippen LogP) is 6.12. The number of pyridine rings is 2. The Morgan fingerprint density at radius 3 is 1.19 bits per heavy atom. The molecule has 4 aromatic rings. The van der Waals surface area contributed by atoms with Crippen LogP contribution in [0.25, 0.3) is 0 Å². The zero-order valence-electron chi connectivity index (χ0n) is 17.7. The van der Waals surface area contributed by atoms with Crippen molar-refractivity contribution in [2.24, 2.45) is 0 Å². The number of rotatable bonds is 6. The molecule has 0 aliphatic rings. The van der Waals surface area contributed by atoms with Crippen molar-refractivity contribution in [2.75, 3.05) is 0 Å². The van der Waals surface area contributed by atoms with Gasteiger partial charge in [-0.3, -0.25) is 0 Å². The zero-order chi connectivity index (χ0) is 26.2. The molecule has 36 heavy (non-hydrogen) atoms. The van der Waals surface area contributed by atoms with E-state index in [1.54, 1.807) is 0 Å². The van der Waals surface area contributed by atoms with Crippen LogP contribution in [0.4, 0.5) is 29.2 Å². The molecule has 10 nitrogen and oxygen atoms in total. The van der Waals surface area contributed by atoms with Gasteiger partial charge in [0.05, 0.1) is 0 Å². The SMILES string of the molecule is O=[N+]([O-])c1ccc(Oc2ccc(F)c(F)c2)cn1.O=[N+]([O-])c1ccc(Oc2ccc(F)c(F)c2)cn1. The number of benzene rings is 2. The monoisotopic (exact) mass is 504 g/mol. The van der Waals surface area contributed by atoms with E-state index in [4.69, 9.17) is 9.47 Å². The van der Waals surface area contributed by atoms with Crippen molar-refractivity contribution < 1.29 is 36.9 Å². The number of halogens is 4. The number of nitro groups is 2. The topological polar surface area (TPSA) is 131 Å². The van der Waals surface area contributed by atoms with Crippen LogP contribution in [-0.4, -0.2) is 19.8 Å². The average Bonchev–Trinajstić information content (AvgIpc) is 2.85. The molecule has 4 rings (SSSR count). The Kier molecular flexibility index (Phi) is 8.02. The van der Waals surface area contributed by atoms with Crippen LogP contribution in [0.1, 0.15) is 0 Å². The second kappa shape index (κ2) is 11.3. The van der Waals surface area contributed by atoms with Crippen molar-refractivity contribution in [3.63, 3.8) is 0 Å². The third-order valence-electron chi connectivity index (χ3n) is 4.07. The van der Waals surface area contributed by atoms with E-state index >= 15 is 0 Å². The lowest BCUT2D eigenvalue weighted by Gasteiger charge is -2.03. The van der Waals surface area contributed by atoms with Gasteiger partial charge in [-0.1, -0.05) is 0 Å². The summed E-state index contributed by atoms with van der Waals surface area (Å²) in [6, 6.07) is 11.0. The largest absolute Gasteiger partial charge is 0.453 e. The summed E-state index contributed by atoms with van der Waals surface area (Å²) < 4.78 is 61.4. The molecule has 0 aliphatic carbocycles. The molecular weight excluding hydrogens is 492 g/mol. The number of aromatic nitrogens is 2. The van der Waals surface area contributed by atoms with E-state index in [2.05, 4.69) is 9.97 Å². The van der Waals surface area contributed by atoms with Crippen molar-refractivity contribution in [2.45, 2.75) is 0 Å². The quantitative estimate of drug-likeness (QED) is 0.174. The Balaban J connectivity index is 0.000000201. The maximum Gasteiger partial charge on any atom is 0.363 e. The second-order valence-corrected chi connectivity index (χ2v) is 6.57. The van der Waals surface area contributed by atoms with Crippen LogP contribution in [0.3, 0.4) is 0 Å². The third-order valence-corrected chi connectivity index (χ3v) is 4.07. The lowest BCUT2D eigenvalue weighted by molar-refractivity contribution is -0.389. The number of hydrogen-bond acceptors (Lipinski definition) is 8. The van der Waals surface area contributed by atoms with E-state index in [-0.39, 0.29) is 34.6 Å². The van der Waals surface area contributed by atoms with Gasteiger partial charge >= 0.3 is 11.6 Å². The first-order valence-electron chi connectivity index (χ1n) is 9.59. The summed E-state index contributed by atoms with van der Waals surface area (Å²) in [5.41, 5.74) is 0. The van der Waals surface area contributed by atoms with Crippen molar-refractivity contribution in [3.8, 4) is 23.0 Å². The first-order valence-corrected chi connectivity index (χ1v) is 9.59. The summed E-state index contributed by atoms with van der Waals surface area (Å²) in [6.45, 7) is 0. The molecule has 184 valence electrons. The molecule has 2 aromatic carbocycles. The molecular formula is C22H12F4N4O6. The molecule has 0 spiro atoms. The zero-order valence-corrected chi connectivity index (χ0v) is 17.7. The average molecular weight is 504 g/mol. The highest BCUT2D eigenvalue weighted by Crippen LogP contribution is 2.24. The first kappa shape index (κ1) is 25.5. The lowest BCUT2D eigenvalue weighted by atomic mass is 10.3. The first-order chi connectivity index (χ1) is 17.1. The molecule has 0 N–H and O–H groups in total. The predicted molar refractivity (Wildman–Crippen MR) is 115 cm³/mol. The van der Waals surface area contributed by atoms with Crippen LogP contribution in [0, 0.1) is 43.5 Å². The van der Waals surface area contributed by atoms with Crippen LogP contribution < -0.4 is 9.47 Å². The van der Waals surface area contributed by atoms with Crippen LogP contribution in [-0.2, 0) is 0 Å². The summed E-state index contributed by atoms with van der Waals surface area (Å²) >= 11 is 0. The van der Waals surface area contributed by atoms with Crippen molar-refractivity contribution in [3.05, 3.63) is 117 Å². The highest BCUT2D eigenvalue weighted by molar-refractivity contribution is 5.34. The fourth-order valence-corrected chi connectivity index (χ4v) is 2.43. The summed E-state index contributed by atoms with van der Waals surface area (Å²) in [5, 5.41) is 20.7. The molecule has 0 saturated carbocycles. The fourth-order valence-electron chi connectivity index (χ4n) is 2.43. The van der Waals surface area contributed by atoms with Crippen molar-refractivity contribution in [1.29, 1.82) is 0 Å². The Morgan fingerprint density at radius 2 is 0.917 bits per heavy atom. The highest BCUT2D eigenvalue weighted by atomic mass is 19.2. The third kappa shape index (κ3) is 6.93. The van der Waals surface area contributed by atoms with Gasteiger partial charge in [0.25, 0.3) is 0 Å². The van der Waals surface area contributed by atoms with E-state index in [1.807, 2.05) is 0 Å². The van der Waals surface area contributed by atoms with Crippen LogP contribution in [0.5, 0.6) is 23.0 Å². The van der Waals surface area contributed by atoms with Crippen molar-refractivity contribution >= 4 is 11.6 Å². The normalized spacial score (nSPS) is 10.1. The Labute approximate surface area is 198 Å². The van der Waals surface area contributed by atoms with Gasteiger partial charge in [-0.15, -0.1) is 0 Å². The van der Waals surface area contributed by atoms with E-state index in [9.17, 15) is 37.8 Å². The molecule has 2 heterocycles. The molecule has 0 bridgehead atoms. The van der Waals surface area contributed by atoms with Gasteiger partial charge in [0.1, 0.15) is 11.5 Å². The second-order valence-electron chi connectivity index (χ2n) is 6.57. The minimum absolute atomic E-state index is 0.0737. The molecule has 0 radical (unpaired) electrons. The van der Waals surface area contributed by atoms with Crippen LogP contribution in [0.15, 0.2) is 73.1 Å². The molecule has 14 heteroatoms. The minimum atomic E-state index is -1.04. The van der Waals surface area contributed by atoms with Gasteiger partial charge in [0.2, 0.25) is 0 Å². The van der Waals surface area contributed by atoms with E-state index < -0.39 is 33.1 Å². The van der Waals surface area contributed by atoms with Gasteiger partial charge in [0.15, 0.2) is 47.2 Å². The minimum Gasteiger partial charge on any atom is -0.453 e. The van der Waals surface area contributed by atoms with Gasteiger partial charge in [-0.2, -0.15) is 0 Å². The smallest absolute Gasteiger partial charge is 0.363 e. The fraction of sp³-hybridized carbons (Fsp3) is 0. The lowest BCUT2D eigenvalue weighted by Crippen LogP contribution is -1.92. The van der Waals surface area contributed by atoms with Crippen molar-refractivity contribution in [1.82, 2.24) is 9.97 Å². The standard InChI is InChI=1S/2C11H6F2N2O3/c2*12-9-3-1-7(5-10(9)13)18-8-2-4-11(14-6-8)15(16)17/h2*1-6H. The highest BCUT2D eigenvalue weighted by Gasteiger charge is 2.10. The molecule has 2 aromatic heterocycles. The summed E-state index contributed by atoms with van der Waals surface area (Å²) in [5.74, 6) is -4.18. The number of nitrogens with zero attached hydrogens (tertiary/aromatic N) is 4. The Hall–Kier alpha value is -5.14. The van der Waals surface area contributed by atoms with Gasteiger partial charge in [-0.25, -0.2) is 17.6 Å².